The highest BCUT2D eigenvalue weighted by atomic mass is 32.2. The molecule has 2 unspecified atom stereocenters. The van der Waals surface area contributed by atoms with Gasteiger partial charge in [0.05, 0.1) is 17.7 Å². The van der Waals surface area contributed by atoms with E-state index in [1.807, 2.05) is 6.92 Å². The zero-order chi connectivity index (χ0) is 33.4. The second kappa shape index (κ2) is 16.0. The molecule has 2 aliphatic rings. The summed E-state index contributed by atoms with van der Waals surface area (Å²) in [5.74, 6) is -2.75. The summed E-state index contributed by atoms with van der Waals surface area (Å²) in [7, 11) is 0. The molecule has 3 rings (SSSR count). The number of β-lactam (4-membered cyclic amide) rings is 1. The van der Waals surface area contributed by atoms with Crippen LogP contribution in [-0.4, -0.2) is 86.3 Å². The monoisotopic (exact) mass is 653 g/mol. The highest BCUT2D eigenvalue weighted by Crippen LogP contribution is 2.40. The highest BCUT2D eigenvalue weighted by molar-refractivity contribution is 8.00. The Labute approximate surface area is 266 Å². The number of aliphatic carboxylic acids is 1. The number of carboxylic acids is 1. The van der Waals surface area contributed by atoms with Gasteiger partial charge in [-0.2, -0.15) is 0 Å². The Balaban J connectivity index is 0.000000860. The Hall–Kier alpha value is -3.43. The summed E-state index contributed by atoms with van der Waals surface area (Å²) in [4.78, 5) is 66.4. The van der Waals surface area contributed by atoms with E-state index in [1.165, 1.54) is 23.1 Å². The molecule has 1 fully saturated rings. The number of carboxylic acid groups (broad SMARTS) is 1. The van der Waals surface area contributed by atoms with Crippen LogP contribution in [0, 0.1) is 0 Å². The molecule has 3 heterocycles. The van der Waals surface area contributed by atoms with Crippen molar-refractivity contribution in [2.24, 2.45) is 5.73 Å². The molecule has 244 valence electrons. The number of primary amides is 1. The standard InChI is InChI=1S/C23H28N4O8S2.C6H15N/c1-5-6-12(13-10-36-14(25-13)7-15(28)35-23(2,3)4)18(29)26-16-19(30)27-17(21(31)32)11(8-34-22(24)33)9-37-20(16)27;1-5(2)7-6(3)4/h6,10,16,20H,5,7-9H2,1-4H3,(H2,24,33)(H,26,29)(H,31,32);5-7H,1-4H3. The fourth-order valence-corrected chi connectivity index (χ4v) is 6.48. The molecule has 15 heteroatoms. The third-order valence-corrected chi connectivity index (χ3v) is 7.98. The van der Waals surface area contributed by atoms with Crippen LogP contribution in [-0.2, 0) is 35.1 Å². The van der Waals surface area contributed by atoms with Gasteiger partial charge in [-0.25, -0.2) is 14.6 Å². The molecule has 2 atom stereocenters. The molecule has 3 amide bonds. The topological polar surface area (TPSA) is 190 Å². The third kappa shape index (κ3) is 10.6. The second-order valence-corrected chi connectivity index (χ2v) is 13.7. The van der Waals surface area contributed by atoms with Crippen LogP contribution < -0.4 is 16.4 Å². The van der Waals surface area contributed by atoms with Crippen molar-refractivity contribution in [3.8, 4) is 0 Å². The molecule has 0 spiro atoms. The number of amides is 3. The zero-order valence-corrected chi connectivity index (χ0v) is 28.0. The maximum Gasteiger partial charge on any atom is 0.404 e. The number of nitrogens with one attached hydrogen (secondary N) is 2. The van der Waals surface area contributed by atoms with Crippen molar-refractivity contribution in [3.05, 3.63) is 33.4 Å². The molecule has 5 N–H and O–H groups in total. The SMILES string of the molecule is CC(C)NC(C)C.CCC=C(C(=O)NC1C(=O)N2C(C(=O)O)=C(COC(N)=O)CSC12)c1csc(CC(=O)OC(C)(C)C)n1. The van der Waals surface area contributed by atoms with E-state index in [1.54, 1.807) is 32.2 Å². The number of aromatic nitrogens is 1. The number of nitrogens with two attached hydrogens (primary N) is 1. The van der Waals surface area contributed by atoms with E-state index >= 15 is 0 Å². The fraction of sp³-hybridized carbons (Fsp3) is 0.586. The number of allylic oxidation sites excluding steroid dienone is 1. The number of carbonyl (C=O) groups is 5. The lowest BCUT2D eigenvalue weighted by molar-refractivity contribution is -0.154. The van der Waals surface area contributed by atoms with Crippen molar-refractivity contribution in [2.45, 2.75) is 97.3 Å². The van der Waals surface area contributed by atoms with Crippen LogP contribution in [0.1, 0.15) is 72.5 Å². The number of rotatable bonds is 11. The number of hydrogen-bond acceptors (Lipinski definition) is 11. The van der Waals surface area contributed by atoms with Crippen LogP contribution in [0.25, 0.3) is 5.57 Å². The van der Waals surface area contributed by atoms with E-state index in [0.717, 1.165) is 4.90 Å². The molecule has 2 aliphatic heterocycles. The van der Waals surface area contributed by atoms with Gasteiger partial charge < -0.3 is 30.9 Å². The first-order chi connectivity index (χ1) is 20.4. The van der Waals surface area contributed by atoms with Crippen LogP contribution in [0.15, 0.2) is 22.7 Å². The molecular weight excluding hydrogens is 610 g/mol. The first-order valence-corrected chi connectivity index (χ1v) is 16.1. The van der Waals surface area contributed by atoms with Crippen LogP contribution in [0.2, 0.25) is 0 Å². The summed E-state index contributed by atoms with van der Waals surface area (Å²) in [5.41, 5.74) is 4.89. The molecule has 1 saturated heterocycles. The number of ether oxygens (including phenoxy) is 2. The zero-order valence-electron chi connectivity index (χ0n) is 26.4. The minimum atomic E-state index is -1.35. The number of thiazole rings is 1. The number of fused-ring (bicyclic) bond motifs is 1. The van der Waals surface area contributed by atoms with Crippen molar-refractivity contribution in [1.82, 2.24) is 20.5 Å². The lowest BCUT2D eigenvalue weighted by Crippen LogP contribution is -2.70. The third-order valence-electron chi connectivity index (χ3n) is 5.79. The van der Waals surface area contributed by atoms with Gasteiger partial charge in [0.1, 0.15) is 34.3 Å². The summed E-state index contributed by atoms with van der Waals surface area (Å²) in [6.45, 7) is 15.4. The molecule has 0 aromatic carbocycles. The Bertz CT molecular complexity index is 1290. The summed E-state index contributed by atoms with van der Waals surface area (Å²) < 4.78 is 10.0. The predicted molar refractivity (Wildman–Crippen MR) is 169 cm³/mol. The predicted octanol–water partition coefficient (Wildman–Crippen LogP) is 3.05. The Morgan fingerprint density at radius 2 is 1.84 bits per heavy atom. The summed E-state index contributed by atoms with van der Waals surface area (Å²) >= 11 is 2.45. The van der Waals surface area contributed by atoms with Gasteiger partial charge in [0.15, 0.2) is 0 Å². The summed E-state index contributed by atoms with van der Waals surface area (Å²) in [6.07, 6.45) is 1.08. The average molecular weight is 654 g/mol. The fourth-order valence-electron chi connectivity index (χ4n) is 4.37. The van der Waals surface area contributed by atoms with Gasteiger partial charge in [0.2, 0.25) is 0 Å². The van der Waals surface area contributed by atoms with Gasteiger partial charge in [-0.15, -0.1) is 23.1 Å². The quantitative estimate of drug-likeness (QED) is 0.156. The summed E-state index contributed by atoms with van der Waals surface area (Å²) in [5, 5.41) is 17.1. The van der Waals surface area contributed by atoms with E-state index in [-0.39, 0.29) is 35.6 Å². The second-order valence-electron chi connectivity index (χ2n) is 11.6. The largest absolute Gasteiger partial charge is 0.477 e. The molecule has 13 nitrogen and oxygen atoms in total. The molecule has 0 bridgehead atoms. The number of nitrogens with zero attached hydrogens (tertiary/aromatic N) is 2. The van der Waals surface area contributed by atoms with Crippen molar-refractivity contribution in [1.29, 1.82) is 0 Å². The van der Waals surface area contributed by atoms with E-state index < -0.39 is 46.9 Å². The van der Waals surface area contributed by atoms with Gasteiger partial charge >= 0.3 is 18.0 Å². The van der Waals surface area contributed by atoms with Gasteiger partial charge in [0, 0.05) is 28.8 Å². The first kappa shape index (κ1) is 36.8. The number of thioether (sulfide) groups is 1. The Morgan fingerprint density at radius 1 is 1.20 bits per heavy atom. The van der Waals surface area contributed by atoms with E-state index in [4.69, 9.17) is 15.2 Å². The molecule has 44 heavy (non-hydrogen) atoms. The van der Waals surface area contributed by atoms with E-state index in [0.29, 0.717) is 29.2 Å². The highest BCUT2D eigenvalue weighted by Gasteiger charge is 2.54. The van der Waals surface area contributed by atoms with Gasteiger partial charge in [-0.1, -0.05) is 40.7 Å². The van der Waals surface area contributed by atoms with E-state index in [9.17, 15) is 29.1 Å². The molecule has 0 radical (unpaired) electrons. The minimum Gasteiger partial charge on any atom is -0.477 e. The van der Waals surface area contributed by atoms with Gasteiger partial charge in [0.25, 0.3) is 11.8 Å². The van der Waals surface area contributed by atoms with Crippen LogP contribution in [0.3, 0.4) is 0 Å². The first-order valence-electron chi connectivity index (χ1n) is 14.2. The number of carbonyl (C=O) groups excluding carboxylic acids is 4. The number of hydrogen-bond donors (Lipinski definition) is 4. The smallest absolute Gasteiger partial charge is 0.404 e. The maximum atomic E-state index is 13.1. The van der Waals surface area contributed by atoms with Crippen LogP contribution in [0.4, 0.5) is 4.79 Å². The Kier molecular flexibility index (Phi) is 13.4. The van der Waals surface area contributed by atoms with Gasteiger partial charge in [-0.3, -0.25) is 19.3 Å². The minimum absolute atomic E-state index is 0.0379. The van der Waals surface area contributed by atoms with Gasteiger partial charge in [-0.05, 0) is 27.2 Å². The normalized spacial score (nSPS) is 18.3. The van der Waals surface area contributed by atoms with Crippen molar-refractivity contribution < 1.29 is 38.6 Å². The Morgan fingerprint density at radius 3 is 2.34 bits per heavy atom. The molecule has 0 aliphatic carbocycles. The molecular formula is C29H43N5O8S2. The molecule has 0 saturated carbocycles. The maximum absolute atomic E-state index is 13.1. The lowest BCUT2D eigenvalue weighted by atomic mass is 10.0. The molecule has 1 aromatic rings. The number of esters is 1. The summed E-state index contributed by atoms with van der Waals surface area (Å²) in [6, 6.07) is 0.297. The van der Waals surface area contributed by atoms with Crippen molar-refractivity contribution in [2.75, 3.05) is 12.4 Å². The van der Waals surface area contributed by atoms with E-state index in [2.05, 4.69) is 43.3 Å². The van der Waals surface area contributed by atoms with Crippen LogP contribution >= 0.6 is 23.1 Å². The van der Waals surface area contributed by atoms with Crippen LogP contribution in [0.5, 0.6) is 0 Å². The van der Waals surface area contributed by atoms with Crippen molar-refractivity contribution >= 4 is 58.5 Å². The average Bonchev–Trinajstić information content (AvgIpc) is 3.34. The lowest BCUT2D eigenvalue weighted by Gasteiger charge is -2.49. The molecule has 1 aromatic heterocycles. The van der Waals surface area contributed by atoms with Crippen molar-refractivity contribution in [3.63, 3.8) is 0 Å².